The summed E-state index contributed by atoms with van der Waals surface area (Å²) in [5.41, 5.74) is 4.17. The molecule has 0 heterocycles. The number of hydrogen-bond donors (Lipinski definition) is 1. The Kier molecular flexibility index (Phi) is 11.1. The molecule has 0 aliphatic carbocycles. The Labute approximate surface area is 122 Å². The second-order valence-corrected chi connectivity index (χ2v) is 6.53. The van der Waals surface area contributed by atoms with Crippen molar-refractivity contribution in [2.24, 2.45) is 5.73 Å². The maximum absolute atomic E-state index is 8.58. The summed E-state index contributed by atoms with van der Waals surface area (Å²) < 4.78 is 2.89. The van der Waals surface area contributed by atoms with E-state index in [2.05, 4.69) is 54.3 Å². The van der Waals surface area contributed by atoms with Crippen LogP contribution in [0, 0.1) is 0 Å². The van der Waals surface area contributed by atoms with Crippen molar-refractivity contribution in [3.63, 3.8) is 0 Å². The van der Waals surface area contributed by atoms with Gasteiger partial charge in [-0.2, -0.15) is 0 Å². The second-order valence-electron chi connectivity index (χ2n) is 3.11. The van der Waals surface area contributed by atoms with E-state index in [9.17, 15) is 0 Å². The van der Waals surface area contributed by atoms with Gasteiger partial charge in [0.1, 0.15) is 0 Å². The van der Waals surface area contributed by atoms with Crippen molar-refractivity contribution in [2.45, 2.75) is 0 Å². The van der Waals surface area contributed by atoms with Crippen LogP contribution >= 0.6 is 0 Å². The van der Waals surface area contributed by atoms with Gasteiger partial charge in [0.2, 0.25) is 6.41 Å². The fourth-order valence-electron chi connectivity index (χ4n) is 0.956. The summed E-state index contributed by atoms with van der Waals surface area (Å²) in [6.07, 6.45) is 0.250. The molecule has 2 aromatic rings. The Balaban J connectivity index is 0.000000247. The Bertz CT molecular complexity index is 355. The van der Waals surface area contributed by atoms with E-state index in [1.807, 2.05) is 12.1 Å². The second kappa shape index (κ2) is 11.6. The third kappa shape index (κ3) is 11.4. The Morgan fingerprint density at radius 3 is 1.12 bits per heavy atom. The van der Waals surface area contributed by atoms with Gasteiger partial charge in [0.15, 0.2) is 0 Å². The Morgan fingerprint density at radius 2 is 1.00 bits per heavy atom. The first kappa shape index (κ1) is 16.2. The molecule has 2 aromatic carbocycles. The average Bonchev–Trinajstić information content (AvgIpc) is 2.33. The molecule has 80 valence electrons. The minimum atomic E-state index is 0.250. The normalized spacial score (nSPS) is 8.00. The van der Waals surface area contributed by atoms with Crippen LogP contribution in [0.25, 0.3) is 0 Å². The molecule has 0 bridgehead atoms. The number of nitrogens with two attached hydrogens (primary N) is 1. The van der Waals surface area contributed by atoms with E-state index in [0.717, 1.165) is 0 Å². The molecule has 0 saturated carbocycles. The zero-order valence-electron chi connectivity index (χ0n) is 9.75. The van der Waals surface area contributed by atoms with Crippen LogP contribution in [0.15, 0.2) is 60.7 Å². The fraction of sp³-hybridized carbons (Fsp3) is 0. The molecule has 17 heavy (non-hydrogen) atoms. The van der Waals surface area contributed by atoms with Crippen molar-refractivity contribution in [2.75, 3.05) is 0 Å². The maximum atomic E-state index is 8.58. The predicted octanol–water partition coefficient (Wildman–Crippen LogP) is 0.819. The van der Waals surface area contributed by atoms with Crippen LogP contribution in [0.4, 0.5) is 0 Å². The van der Waals surface area contributed by atoms with Crippen LogP contribution in [0.3, 0.4) is 0 Å². The third-order valence-electron chi connectivity index (χ3n) is 1.69. The molecule has 2 N–H and O–H groups in total. The van der Waals surface area contributed by atoms with Gasteiger partial charge in [-0.05, 0) is 0 Å². The Hall–Kier alpha value is -0.843. The predicted molar refractivity (Wildman–Crippen MR) is 62.4 cm³/mol. The van der Waals surface area contributed by atoms with E-state index < -0.39 is 0 Å². The topological polar surface area (TPSA) is 43.1 Å². The van der Waals surface area contributed by atoms with E-state index in [0.29, 0.717) is 0 Å². The molecule has 2 nitrogen and oxygen atoms in total. The zero-order chi connectivity index (χ0) is 12.9. The summed E-state index contributed by atoms with van der Waals surface area (Å²) in [6, 6.07) is 20.9. The van der Waals surface area contributed by atoms with Crippen molar-refractivity contribution in [3.05, 3.63) is 60.7 Å². The first-order valence-corrected chi connectivity index (χ1v) is 8.06. The fourth-order valence-corrected chi connectivity index (χ4v) is 2.10. The standard InChI is InChI=1S/2C6H5.CH3NO.2Zn/c2*1-2-4-6-5-3-1;2-1-3;;/h2*1-5H;1H,(H2,2,3);;. The zero-order valence-corrected chi connectivity index (χ0v) is 15.7. The van der Waals surface area contributed by atoms with Gasteiger partial charge in [-0.3, -0.25) is 4.79 Å². The number of carbonyl (C=O) groups excluding carboxylic acids is 1. The molecule has 0 fully saturated rings. The van der Waals surface area contributed by atoms with Gasteiger partial charge in [-0.15, -0.1) is 0 Å². The number of rotatable bonds is 0. The number of primary amides is 1. The van der Waals surface area contributed by atoms with Crippen LogP contribution in [0.5, 0.6) is 0 Å². The summed E-state index contributed by atoms with van der Waals surface area (Å²) in [5, 5.41) is 0. The molecule has 1 amide bonds. The summed E-state index contributed by atoms with van der Waals surface area (Å²) in [4.78, 5) is 8.58. The summed E-state index contributed by atoms with van der Waals surface area (Å²) in [7, 11) is 0. The van der Waals surface area contributed by atoms with Crippen molar-refractivity contribution < 1.29 is 41.4 Å². The molecular weight excluding hydrogens is 317 g/mol. The summed E-state index contributed by atoms with van der Waals surface area (Å²) >= 11 is 2.53. The monoisotopic (exact) mass is 327 g/mol. The number of carbonyl (C=O) groups is 1. The third-order valence-corrected chi connectivity index (χ3v) is 3.66. The molecule has 0 spiro atoms. The molecule has 0 saturated heterocycles. The number of benzene rings is 2. The molecule has 0 atom stereocenters. The van der Waals surface area contributed by atoms with Gasteiger partial charge in [0, 0.05) is 0 Å². The first-order chi connectivity index (χ1) is 8.20. The van der Waals surface area contributed by atoms with Crippen LogP contribution in [0.1, 0.15) is 0 Å². The first-order valence-electron chi connectivity index (χ1n) is 5.10. The number of amides is 1. The van der Waals surface area contributed by atoms with Gasteiger partial charge in [0.25, 0.3) is 0 Å². The number of hydrogen-bond acceptors (Lipinski definition) is 1. The summed E-state index contributed by atoms with van der Waals surface area (Å²) in [5.74, 6) is 0. The van der Waals surface area contributed by atoms with Crippen molar-refractivity contribution >= 4 is 14.7 Å². The molecule has 0 aliphatic heterocycles. The average molecular weight is 330 g/mol. The van der Waals surface area contributed by atoms with Gasteiger partial charge in [-0.1, -0.05) is 0 Å². The van der Waals surface area contributed by atoms with E-state index in [4.69, 9.17) is 4.79 Å². The quantitative estimate of drug-likeness (QED) is 0.564. The van der Waals surface area contributed by atoms with Gasteiger partial charge in [-0.25, -0.2) is 0 Å². The molecule has 0 aliphatic rings. The minimum absolute atomic E-state index is 0.250. The van der Waals surface area contributed by atoms with E-state index >= 15 is 0 Å². The van der Waals surface area contributed by atoms with Crippen molar-refractivity contribution in [1.82, 2.24) is 0 Å². The van der Waals surface area contributed by atoms with Gasteiger partial charge in [0.05, 0.1) is 0 Å². The van der Waals surface area contributed by atoms with Gasteiger partial charge < -0.3 is 5.73 Å². The molecule has 0 unspecified atom stereocenters. The molecule has 0 radical (unpaired) electrons. The van der Waals surface area contributed by atoms with Crippen LogP contribution in [-0.4, -0.2) is 6.41 Å². The van der Waals surface area contributed by atoms with Crippen LogP contribution in [-0.2, 0) is 41.4 Å². The molecule has 0 aromatic heterocycles. The van der Waals surface area contributed by atoms with Gasteiger partial charge >= 0.3 is 106 Å². The van der Waals surface area contributed by atoms with Crippen molar-refractivity contribution in [1.29, 1.82) is 0 Å². The Morgan fingerprint density at radius 1 is 0.765 bits per heavy atom. The van der Waals surface area contributed by atoms with Crippen molar-refractivity contribution in [3.8, 4) is 0 Å². The van der Waals surface area contributed by atoms with Crippen LogP contribution < -0.4 is 14.0 Å². The SMILES string of the molecule is NC=O.[Zn][c]1ccccc1.[Zn][c]1ccccc1. The van der Waals surface area contributed by atoms with Crippen LogP contribution in [0.2, 0.25) is 0 Å². The molecule has 2 rings (SSSR count). The molecule has 4 heteroatoms. The van der Waals surface area contributed by atoms with E-state index in [-0.39, 0.29) is 6.41 Å². The van der Waals surface area contributed by atoms with E-state index in [1.165, 1.54) is 44.9 Å². The summed E-state index contributed by atoms with van der Waals surface area (Å²) in [6.45, 7) is 0. The molecular formula is C13H13NOZn2. The van der Waals surface area contributed by atoms with E-state index in [1.54, 1.807) is 0 Å².